The summed E-state index contributed by atoms with van der Waals surface area (Å²) in [6.45, 7) is 1.88. The van der Waals surface area contributed by atoms with Gasteiger partial charge in [0.2, 0.25) is 5.95 Å². The summed E-state index contributed by atoms with van der Waals surface area (Å²) in [5.41, 5.74) is 2.40. The second-order valence-electron chi connectivity index (χ2n) is 6.10. The average Bonchev–Trinajstić information content (AvgIpc) is 3.11. The molecule has 24 heavy (non-hydrogen) atoms. The number of benzene rings is 1. The maximum atomic E-state index is 9.45. The average molecular weight is 324 g/mol. The van der Waals surface area contributed by atoms with Gasteiger partial charge < -0.3 is 20.3 Å². The number of imidazole rings is 1. The standard InChI is InChI=1S/C17H20N6O/c24-10-12-5-4-8-23(9-12)17-21-15-14(18-11-19-15)16(22-17)20-13-6-2-1-3-7-13/h1-3,6-7,11-12,24H,4-5,8-10H2,(H2,18,19,20,21,22). The third-order valence-corrected chi connectivity index (χ3v) is 4.37. The summed E-state index contributed by atoms with van der Waals surface area (Å²) in [6.07, 6.45) is 3.72. The van der Waals surface area contributed by atoms with Crippen LogP contribution in [0.3, 0.4) is 0 Å². The first-order valence-electron chi connectivity index (χ1n) is 8.22. The molecule has 7 heteroatoms. The first kappa shape index (κ1) is 14.9. The van der Waals surface area contributed by atoms with Crippen molar-refractivity contribution in [3.8, 4) is 0 Å². The second kappa shape index (κ2) is 6.45. The van der Waals surface area contributed by atoms with E-state index in [2.05, 4.69) is 25.2 Å². The molecule has 0 saturated carbocycles. The number of H-pyrrole nitrogens is 1. The van der Waals surface area contributed by atoms with Crippen LogP contribution in [0.1, 0.15) is 12.8 Å². The molecule has 1 atom stereocenters. The topological polar surface area (TPSA) is 90.0 Å². The van der Waals surface area contributed by atoms with Crippen molar-refractivity contribution < 1.29 is 5.11 Å². The van der Waals surface area contributed by atoms with Gasteiger partial charge in [-0.05, 0) is 30.9 Å². The molecule has 0 radical (unpaired) electrons. The maximum absolute atomic E-state index is 9.45. The molecule has 4 rings (SSSR count). The van der Waals surface area contributed by atoms with Crippen LogP contribution in [-0.4, -0.2) is 44.7 Å². The normalized spacial score (nSPS) is 18.0. The molecule has 0 spiro atoms. The Hall–Kier alpha value is -2.67. The van der Waals surface area contributed by atoms with E-state index in [1.165, 1.54) is 0 Å². The van der Waals surface area contributed by atoms with Gasteiger partial charge in [-0.25, -0.2) is 4.98 Å². The molecule has 3 heterocycles. The molecule has 3 N–H and O–H groups in total. The number of aromatic amines is 1. The van der Waals surface area contributed by atoms with Crippen LogP contribution in [0.15, 0.2) is 36.7 Å². The fourth-order valence-corrected chi connectivity index (χ4v) is 3.11. The highest BCUT2D eigenvalue weighted by molar-refractivity contribution is 5.86. The van der Waals surface area contributed by atoms with Crippen molar-refractivity contribution in [2.45, 2.75) is 12.8 Å². The van der Waals surface area contributed by atoms with Crippen LogP contribution in [0.2, 0.25) is 0 Å². The largest absolute Gasteiger partial charge is 0.396 e. The van der Waals surface area contributed by atoms with Gasteiger partial charge in [-0.3, -0.25) is 0 Å². The molecule has 124 valence electrons. The van der Waals surface area contributed by atoms with Crippen LogP contribution in [0.25, 0.3) is 11.2 Å². The van der Waals surface area contributed by atoms with E-state index in [-0.39, 0.29) is 12.5 Å². The molecule has 1 aromatic carbocycles. The summed E-state index contributed by atoms with van der Waals surface area (Å²) < 4.78 is 0. The fraction of sp³-hybridized carbons (Fsp3) is 0.353. The van der Waals surface area contributed by atoms with Crippen LogP contribution in [-0.2, 0) is 0 Å². The molecule has 0 bridgehead atoms. The Morgan fingerprint density at radius 1 is 1.25 bits per heavy atom. The predicted molar refractivity (Wildman–Crippen MR) is 93.4 cm³/mol. The van der Waals surface area contributed by atoms with Crippen molar-refractivity contribution in [3.05, 3.63) is 36.7 Å². The van der Waals surface area contributed by atoms with E-state index in [9.17, 15) is 5.11 Å². The Bertz CT molecular complexity index is 818. The number of anilines is 3. The molecule has 1 saturated heterocycles. The van der Waals surface area contributed by atoms with E-state index in [4.69, 9.17) is 4.98 Å². The smallest absolute Gasteiger partial charge is 0.229 e. The number of hydrogen-bond acceptors (Lipinski definition) is 6. The van der Waals surface area contributed by atoms with E-state index < -0.39 is 0 Å². The highest BCUT2D eigenvalue weighted by Gasteiger charge is 2.22. The highest BCUT2D eigenvalue weighted by atomic mass is 16.3. The Balaban J connectivity index is 1.69. The lowest BCUT2D eigenvalue weighted by Gasteiger charge is -2.31. The van der Waals surface area contributed by atoms with Gasteiger partial charge in [-0.1, -0.05) is 18.2 Å². The minimum atomic E-state index is 0.205. The number of rotatable bonds is 4. The summed E-state index contributed by atoms with van der Waals surface area (Å²) in [5.74, 6) is 1.65. The van der Waals surface area contributed by atoms with E-state index in [0.29, 0.717) is 17.4 Å². The number of fused-ring (bicyclic) bond motifs is 1. The van der Waals surface area contributed by atoms with Crippen molar-refractivity contribution in [1.29, 1.82) is 0 Å². The number of piperidine rings is 1. The Kier molecular flexibility index (Phi) is 4.00. The zero-order chi connectivity index (χ0) is 16.4. The van der Waals surface area contributed by atoms with Gasteiger partial charge in [0.15, 0.2) is 11.5 Å². The monoisotopic (exact) mass is 324 g/mol. The molecular formula is C17H20N6O. The van der Waals surface area contributed by atoms with Gasteiger partial charge in [0.25, 0.3) is 0 Å². The Labute approximate surface area is 139 Å². The first-order valence-corrected chi connectivity index (χ1v) is 8.22. The molecule has 1 aliphatic heterocycles. The summed E-state index contributed by atoms with van der Waals surface area (Å²) >= 11 is 0. The zero-order valence-corrected chi connectivity index (χ0v) is 13.3. The van der Waals surface area contributed by atoms with Crippen LogP contribution >= 0.6 is 0 Å². The Morgan fingerprint density at radius 3 is 2.96 bits per heavy atom. The second-order valence-corrected chi connectivity index (χ2v) is 6.10. The molecule has 0 amide bonds. The van der Waals surface area contributed by atoms with Gasteiger partial charge in [-0.15, -0.1) is 0 Å². The molecule has 7 nitrogen and oxygen atoms in total. The highest BCUT2D eigenvalue weighted by Crippen LogP contribution is 2.26. The van der Waals surface area contributed by atoms with Crippen LogP contribution in [0.5, 0.6) is 0 Å². The van der Waals surface area contributed by atoms with E-state index in [0.717, 1.165) is 37.1 Å². The molecule has 0 aliphatic carbocycles. The SMILES string of the molecule is OCC1CCCN(c2nc(Nc3ccccc3)c3[nH]cnc3n2)C1. The lowest BCUT2D eigenvalue weighted by atomic mass is 9.99. The van der Waals surface area contributed by atoms with Crippen LogP contribution in [0.4, 0.5) is 17.5 Å². The fourth-order valence-electron chi connectivity index (χ4n) is 3.11. The van der Waals surface area contributed by atoms with Gasteiger partial charge in [-0.2, -0.15) is 9.97 Å². The summed E-state index contributed by atoms with van der Waals surface area (Å²) in [7, 11) is 0. The number of hydrogen-bond donors (Lipinski definition) is 3. The van der Waals surface area contributed by atoms with E-state index in [1.54, 1.807) is 6.33 Å². The lowest BCUT2D eigenvalue weighted by Crippen LogP contribution is -2.37. The molecule has 2 aromatic heterocycles. The van der Waals surface area contributed by atoms with Crippen LogP contribution in [0, 0.1) is 5.92 Å². The third kappa shape index (κ3) is 2.90. The van der Waals surface area contributed by atoms with E-state index in [1.807, 2.05) is 30.3 Å². The predicted octanol–water partition coefficient (Wildman–Crippen LogP) is 2.31. The molecular weight excluding hydrogens is 304 g/mol. The van der Waals surface area contributed by atoms with Gasteiger partial charge in [0.1, 0.15) is 5.52 Å². The van der Waals surface area contributed by atoms with Gasteiger partial charge in [0.05, 0.1) is 6.33 Å². The number of aliphatic hydroxyl groups is 1. The van der Waals surface area contributed by atoms with E-state index >= 15 is 0 Å². The number of nitrogens with zero attached hydrogens (tertiary/aromatic N) is 4. The molecule has 1 unspecified atom stereocenters. The van der Waals surface area contributed by atoms with Crippen LogP contribution < -0.4 is 10.2 Å². The molecule has 1 aliphatic rings. The molecule has 1 fully saturated rings. The number of nitrogens with one attached hydrogen (secondary N) is 2. The summed E-state index contributed by atoms with van der Waals surface area (Å²) in [5, 5.41) is 12.8. The number of aliphatic hydroxyl groups excluding tert-OH is 1. The van der Waals surface area contributed by atoms with Gasteiger partial charge >= 0.3 is 0 Å². The first-order chi connectivity index (χ1) is 11.8. The quantitative estimate of drug-likeness (QED) is 0.682. The van der Waals surface area contributed by atoms with Gasteiger partial charge in [0, 0.05) is 25.4 Å². The van der Waals surface area contributed by atoms with Crippen molar-refractivity contribution in [1.82, 2.24) is 19.9 Å². The number of para-hydroxylation sites is 1. The van der Waals surface area contributed by atoms with Crippen molar-refractivity contribution >= 4 is 28.6 Å². The minimum Gasteiger partial charge on any atom is -0.396 e. The van der Waals surface area contributed by atoms with Crippen molar-refractivity contribution in [2.24, 2.45) is 5.92 Å². The summed E-state index contributed by atoms with van der Waals surface area (Å²) in [4.78, 5) is 18.8. The van der Waals surface area contributed by atoms with Crippen molar-refractivity contribution in [3.63, 3.8) is 0 Å². The molecule has 3 aromatic rings. The minimum absolute atomic E-state index is 0.205. The third-order valence-electron chi connectivity index (χ3n) is 4.37. The maximum Gasteiger partial charge on any atom is 0.229 e. The van der Waals surface area contributed by atoms with Crippen molar-refractivity contribution in [2.75, 3.05) is 29.9 Å². The Morgan fingerprint density at radius 2 is 2.12 bits per heavy atom. The summed E-state index contributed by atoms with van der Waals surface area (Å²) in [6, 6.07) is 9.92. The lowest BCUT2D eigenvalue weighted by molar-refractivity contribution is 0.208. The zero-order valence-electron chi connectivity index (χ0n) is 13.3. The number of aromatic nitrogens is 4.